The van der Waals surface area contributed by atoms with E-state index in [9.17, 15) is 15.0 Å². The van der Waals surface area contributed by atoms with E-state index in [0.29, 0.717) is 56.8 Å². The van der Waals surface area contributed by atoms with Crippen LogP contribution in [-0.2, 0) is 18.8 Å². The number of para-hydroxylation sites is 2. The zero-order valence-electron chi connectivity index (χ0n) is 30.2. The molecule has 0 spiro atoms. The molecular formula is C41H34N8O6. The number of imidazole rings is 2. The van der Waals surface area contributed by atoms with E-state index in [4.69, 9.17) is 29.9 Å². The summed E-state index contributed by atoms with van der Waals surface area (Å²) >= 11 is 0. The highest BCUT2D eigenvalue weighted by molar-refractivity contribution is 5.92. The van der Waals surface area contributed by atoms with Crippen molar-refractivity contribution < 1.29 is 24.4 Å². The maximum Gasteiger partial charge on any atom is 0.284 e. The Morgan fingerprint density at radius 2 is 1.73 bits per heavy atom. The third-order valence-corrected chi connectivity index (χ3v) is 10.6. The summed E-state index contributed by atoms with van der Waals surface area (Å²) in [5, 5.41) is 23.2. The summed E-state index contributed by atoms with van der Waals surface area (Å²) in [6.45, 7) is 6.02. The lowest BCUT2D eigenvalue weighted by Crippen LogP contribution is -2.29. The van der Waals surface area contributed by atoms with E-state index in [-0.39, 0.29) is 41.7 Å². The van der Waals surface area contributed by atoms with Crippen LogP contribution >= 0.6 is 0 Å². The molecule has 274 valence electrons. The van der Waals surface area contributed by atoms with E-state index < -0.39 is 11.1 Å². The number of ether oxygens (including phenoxy) is 3. The Morgan fingerprint density at radius 3 is 2.55 bits per heavy atom. The van der Waals surface area contributed by atoms with Crippen LogP contribution in [0, 0.1) is 6.92 Å². The minimum atomic E-state index is -0.998. The van der Waals surface area contributed by atoms with Crippen LogP contribution in [0.25, 0.3) is 55.6 Å². The van der Waals surface area contributed by atoms with Gasteiger partial charge in [0.1, 0.15) is 75.9 Å². The Hall–Kier alpha value is -7.22. The molecule has 6 heterocycles. The number of nitrogens with zero attached hydrogens (tertiary/aromatic N) is 5. The molecule has 55 heavy (non-hydrogen) atoms. The Bertz CT molecular complexity index is 3010. The second-order valence-corrected chi connectivity index (χ2v) is 14.4. The number of methoxy groups -OCH3 is 1. The number of aliphatic hydroxyl groups is 1. The van der Waals surface area contributed by atoms with Gasteiger partial charge in [-0.3, -0.25) is 9.36 Å². The first kappa shape index (κ1) is 32.4. The van der Waals surface area contributed by atoms with Gasteiger partial charge in [0.05, 0.1) is 45.9 Å². The maximum atomic E-state index is 13.7. The number of rotatable bonds is 6. The highest BCUT2D eigenvalue weighted by Gasteiger charge is 2.42. The van der Waals surface area contributed by atoms with Gasteiger partial charge in [-0.25, -0.2) is 9.97 Å². The molecule has 6 N–H and O–H groups in total. The van der Waals surface area contributed by atoms with Crippen LogP contribution in [-0.4, -0.2) is 51.4 Å². The van der Waals surface area contributed by atoms with Gasteiger partial charge in [0, 0.05) is 12.1 Å². The Labute approximate surface area is 312 Å². The van der Waals surface area contributed by atoms with Gasteiger partial charge in [-0.2, -0.15) is 4.98 Å². The lowest BCUT2D eigenvalue weighted by molar-refractivity contribution is 0.275. The number of allylic oxidation sites excluding steroid dienone is 1. The number of aryl methyl sites for hydroxylation is 1. The highest BCUT2D eigenvalue weighted by atomic mass is 16.5. The van der Waals surface area contributed by atoms with Crippen molar-refractivity contribution in [3.05, 3.63) is 117 Å². The fraction of sp³-hybridized carbons (Fsp3) is 0.171. The molecule has 0 amide bonds. The van der Waals surface area contributed by atoms with Crippen LogP contribution in [0.3, 0.4) is 0 Å². The number of nitrogens with one attached hydrogen (secondary N) is 2. The van der Waals surface area contributed by atoms with Crippen LogP contribution in [0.5, 0.6) is 23.0 Å². The second kappa shape index (κ2) is 11.4. The van der Waals surface area contributed by atoms with E-state index in [1.54, 1.807) is 12.1 Å². The predicted molar refractivity (Wildman–Crippen MR) is 207 cm³/mol. The molecular weight excluding hydrogens is 701 g/mol. The number of nitrogens with two attached hydrogens (primary N) is 1. The van der Waals surface area contributed by atoms with Gasteiger partial charge in [-0.1, -0.05) is 24.3 Å². The number of aliphatic hydroxyl groups excluding tert-OH is 1. The first-order valence-corrected chi connectivity index (χ1v) is 17.6. The molecule has 8 aromatic rings. The summed E-state index contributed by atoms with van der Waals surface area (Å²) < 4.78 is 21.6. The zero-order chi connectivity index (χ0) is 37.9. The van der Waals surface area contributed by atoms with Crippen molar-refractivity contribution in [1.82, 2.24) is 34.1 Å². The van der Waals surface area contributed by atoms with Crippen LogP contribution in [0.15, 0.2) is 83.4 Å². The highest BCUT2D eigenvalue weighted by Crippen LogP contribution is 2.47. The van der Waals surface area contributed by atoms with Gasteiger partial charge in [0.15, 0.2) is 11.6 Å². The number of hydrogen-bond donors (Lipinski definition) is 5. The Kier molecular flexibility index (Phi) is 6.72. The lowest BCUT2D eigenvalue weighted by atomic mass is 10.0. The zero-order valence-corrected chi connectivity index (χ0v) is 30.2. The second-order valence-electron chi connectivity index (χ2n) is 14.4. The molecule has 0 radical (unpaired) electrons. The van der Waals surface area contributed by atoms with Gasteiger partial charge >= 0.3 is 0 Å². The van der Waals surface area contributed by atoms with E-state index in [1.165, 1.54) is 7.11 Å². The molecule has 10 rings (SSSR count). The summed E-state index contributed by atoms with van der Waals surface area (Å²) in [4.78, 5) is 34.2. The van der Waals surface area contributed by atoms with Crippen molar-refractivity contribution in [2.75, 3.05) is 12.8 Å². The smallest absolute Gasteiger partial charge is 0.284 e. The van der Waals surface area contributed by atoms with Gasteiger partial charge < -0.3 is 44.7 Å². The molecule has 14 nitrogen and oxygen atoms in total. The van der Waals surface area contributed by atoms with Crippen molar-refractivity contribution in [1.29, 1.82) is 0 Å². The quantitative estimate of drug-likeness (QED) is 0.122. The SMILES string of the molecule is COc1cc(OCc2ccc3nc(-c4c(O)c5n(c4N)-c4cc(C)ccc4OC5)[nH]c3c2)cc2c1c(=O)nc1n2C(C)(C)C(O)=C1c1nc2ccccc2[nH]1. The number of H-pyrrole nitrogens is 2. The van der Waals surface area contributed by atoms with Gasteiger partial charge in [0.2, 0.25) is 0 Å². The van der Waals surface area contributed by atoms with Crippen molar-refractivity contribution >= 4 is 44.4 Å². The van der Waals surface area contributed by atoms with Gasteiger partial charge in [-0.15, -0.1) is 0 Å². The fourth-order valence-electron chi connectivity index (χ4n) is 7.84. The summed E-state index contributed by atoms with van der Waals surface area (Å²) in [5.74, 6) is 2.91. The number of anilines is 1. The molecule has 4 aromatic heterocycles. The number of aromatic hydroxyl groups is 1. The third-order valence-electron chi connectivity index (χ3n) is 10.6. The average Bonchev–Trinajstić information content (AvgIpc) is 3.90. The van der Waals surface area contributed by atoms with Crippen molar-refractivity contribution in [2.24, 2.45) is 0 Å². The minimum absolute atomic E-state index is 0.00900. The minimum Gasteiger partial charge on any atom is -0.509 e. The Balaban J connectivity index is 0.996. The molecule has 0 aliphatic carbocycles. The van der Waals surface area contributed by atoms with Gasteiger partial charge in [-0.05, 0) is 68.3 Å². The van der Waals surface area contributed by atoms with Gasteiger partial charge in [0.25, 0.3) is 5.56 Å². The molecule has 0 saturated heterocycles. The molecule has 2 aliphatic heterocycles. The van der Waals surface area contributed by atoms with Crippen molar-refractivity contribution in [2.45, 2.75) is 39.5 Å². The molecule has 14 heteroatoms. The molecule has 0 fully saturated rings. The predicted octanol–water partition coefficient (Wildman–Crippen LogP) is 6.75. The number of aromatic nitrogens is 7. The topological polar surface area (TPSA) is 191 Å². The van der Waals surface area contributed by atoms with E-state index in [1.807, 2.05) is 90.6 Å². The summed E-state index contributed by atoms with van der Waals surface area (Å²) in [6, 6.07) is 22.5. The van der Waals surface area contributed by atoms with E-state index in [0.717, 1.165) is 33.4 Å². The Morgan fingerprint density at radius 1 is 0.945 bits per heavy atom. The number of nitrogen functional groups attached to an aromatic ring is 1. The molecule has 0 saturated carbocycles. The normalized spacial score (nSPS) is 14.3. The molecule has 0 unspecified atom stereocenters. The maximum absolute atomic E-state index is 13.7. The molecule has 0 atom stereocenters. The number of aromatic amines is 2. The number of fused-ring (bicyclic) bond motifs is 8. The fourth-order valence-corrected chi connectivity index (χ4v) is 7.84. The largest absolute Gasteiger partial charge is 0.509 e. The monoisotopic (exact) mass is 734 g/mol. The van der Waals surface area contributed by atoms with E-state index >= 15 is 0 Å². The number of hydrogen-bond acceptors (Lipinski definition) is 10. The standard InChI is InChI=1S/C41H34N8O6/c1-19-9-12-29-26(13-19)48-28(18-55-29)34(50)32(36(48)42)37-45-24-11-10-20(14-25(24)46-37)17-54-21-15-27-31(30(16-21)53-4)40(52)47-39-33(35(51)41(2,3)49(27)39)38-43-22-7-5-6-8-23(22)44-38/h5-16,50-51H,17-18,42H2,1-4H3,(H,43,44)(H,45,46). The van der Waals surface area contributed by atoms with Crippen LogP contribution in [0.2, 0.25) is 0 Å². The summed E-state index contributed by atoms with van der Waals surface area (Å²) in [6.07, 6.45) is 0. The first-order valence-electron chi connectivity index (χ1n) is 17.6. The van der Waals surface area contributed by atoms with Crippen LogP contribution < -0.4 is 25.5 Å². The van der Waals surface area contributed by atoms with Crippen molar-refractivity contribution in [3.63, 3.8) is 0 Å². The van der Waals surface area contributed by atoms with Crippen LogP contribution in [0.4, 0.5) is 5.82 Å². The average molecular weight is 735 g/mol. The first-order chi connectivity index (χ1) is 26.5. The third kappa shape index (κ3) is 4.67. The molecule has 4 aromatic carbocycles. The summed E-state index contributed by atoms with van der Waals surface area (Å²) in [7, 11) is 1.49. The van der Waals surface area contributed by atoms with Crippen LogP contribution in [0.1, 0.15) is 42.3 Å². The lowest BCUT2D eigenvalue weighted by Gasteiger charge is -2.25. The number of benzene rings is 4. The summed E-state index contributed by atoms with van der Waals surface area (Å²) in [5.41, 5.74) is 12.5. The van der Waals surface area contributed by atoms with E-state index in [2.05, 4.69) is 15.0 Å². The molecule has 0 bridgehead atoms. The van der Waals surface area contributed by atoms with Crippen molar-refractivity contribution in [3.8, 4) is 40.1 Å². The molecule has 2 aliphatic rings.